The molecule has 5 aromatic rings. The Morgan fingerprint density at radius 1 is 0.639 bits per heavy atom. The summed E-state index contributed by atoms with van der Waals surface area (Å²) in [6.45, 7) is 9.02. The van der Waals surface area contributed by atoms with E-state index in [9.17, 15) is 0 Å². The largest absolute Gasteiger partial charge is 0.256 e. The first-order valence-corrected chi connectivity index (χ1v) is 12.6. The highest BCUT2D eigenvalue weighted by Crippen LogP contribution is 2.38. The summed E-state index contributed by atoms with van der Waals surface area (Å²) in [6, 6.07) is 34.1. The van der Waals surface area contributed by atoms with Gasteiger partial charge in [-0.25, -0.2) is 0 Å². The van der Waals surface area contributed by atoms with Crippen molar-refractivity contribution in [1.29, 1.82) is 0 Å². The van der Waals surface area contributed by atoms with Crippen molar-refractivity contribution in [3.63, 3.8) is 0 Å². The normalized spacial score (nSPS) is 11.4. The van der Waals surface area contributed by atoms with Crippen molar-refractivity contribution in [1.82, 2.24) is 9.97 Å². The van der Waals surface area contributed by atoms with Crippen LogP contribution in [0.2, 0.25) is 0 Å². The van der Waals surface area contributed by atoms with Gasteiger partial charge in [0.25, 0.3) is 0 Å². The van der Waals surface area contributed by atoms with Crippen molar-refractivity contribution in [2.24, 2.45) is 0 Å². The van der Waals surface area contributed by atoms with Gasteiger partial charge in [-0.05, 0) is 71.7 Å². The Bertz CT molecular complexity index is 1480. The lowest BCUT2D eigenvalue weighted by molar-refractivity contribution is 0.524. The molecule has 0 aliphatic heterocycles. The fourth-order valence-corrected chi connectivity index (χ4v) is 5.20. The first-order valence-electron chi connectivity index (χ1n) is 12.6. The van der Waals surface area contributed by atoms with Crippen LogP contribution in [0.5, 0.6) is 0 Å². The first-order chi connectivity index (χ1) is 17.4. The van der Waals surface area contributed by atoms with E-state index in [1.807, 2.05) is 24.5 Å². The number of nitrogens with zero attached hydrogens (tertiary/aromatic N) is 2. The zero-order chi connectivity index (χ0) is 25.1. The average molecular weight is 469 g/mol. The standard InChI is InChI=1S/C34H32N2/c1-24-13-12-18-30(33(24)31-19-10-11-20-35-31)34(3,4)22-27-16-8-9-17-28(27)32-21-25(2)29(23-36-32)26-14-6-5-7-15-26/h5-21,23H,22H2,1-4H3. The van der Waals surface area contributed by atoms with Crippen LogP contribution < -0.4 is 0 Å². The summed E-state index contributed by atoms with van der Waals surface area (Å²) in [5, 5.41) is 0. The van der Waals surface area contributed by atoms with E-state index in [1.54, 1.807) is 0 Å². The summed E-state index contributed by atoms with van der Waals surface area (Å²) in [5.41, 5.74) is 11.9. The van der Waals surface area contributed by atoms with E-state index in [2.05, 4.69) is 118 Å². The van der Waals surface area contributed by atoms with E-state index < -0.39 is 0 Å². The summed E-state index contributed by atoms with van der Waals surface area (Å²) >= 11 is 0. The van der Waals surface area contributed by atoms with Crippen molar-refractivity contribution >= 4 is 0 Å². The van der Waals surface area contributed by atoms with Gasteiger partial charge in [0.15, 0.2) is 0 Å². The maximum Gasteiger partial charge on any atom is 0.0707 e. The Balaban J connectivity index is 1.53. The number of rotatable bonds is 6. The highest BCUT2D eigenvalue weighted by molar-refractivity contribution is 5.73. The minimum atomic E-state index is -0.103. The molecule has 0 N–H and O–H groups in total. The van der Waals surface area contributed by atoms with Crippen molar-refractivity contribution in [3.05, 3.63) is 132 Å². The zero-order valence-electron chi connectivity index (χ0n) is 21.5. The summed E-state index contributed by atoms with van der Waals surface area (Å²) < 4.78 is 0. The number of aryl methyl sites for hydroxylation is 2. The molecule has 0 saturated carbocycles. The van der Waals surface area contributed by atoms with Gasteiger partial charge in [0.1, 0.15) is 0 Å². The fourth-order valence-electron chi connectivity index (χ4n) is 5.20. The Morgan fingerprint density at radius 2 is 1.39 bits per heavy atom. The number of hydrogen-bond donors (Lipinski definition) is 0. The average Bonchev–Trinajstić information content (AvgIpc) is 2.89. The molecule has 0 atom stereocenters. The molecule has 178 valence electrons. The van der Waals surface area contributed by atoms with E-state index in [0.29, 0.717) is 0 Å². The van der Waals surface area contributed by atoms with Gasteiger partial charge >= 0.3 is 0 Å². The summed E-state index contributed by atoms with van der Waals surface area (Å²) in [5.74, 6) is 0. The number of aromatic nitrogens is 2. The van der Waals surface area contributed by atoms with Gasteiger partial charge < -0.3 is 0 Å². The van der Waals surface area contributed by atoms with Crippen LogP contribution in [-0.2, 0) is 11.8 Å². The molecule has 0 amide bonds. The monoisotopic (exact) mass is 468 g/mol. The number of hydrogen-bond acceptors (Lipinski definition) is 2. The molecule has 5 rings (SSSR count). The van der Waals surface area contributed by atoms with E-state index in [4.69, 9.17) is 4.98 Å². The van der Waals surface area contributed by atoms with Gasteiger partial charge in [-0.3, -0.25) is 9.97 Å². The smallest absolute Gasteiger partial charge is 0.0707 e. The van der Waals surface area contributed by atoms with Crippen molar-refractivity contribution in [2.45, 2.75) is 39.5 Å². The van der Waals surface area contributed by atoms with Crippen LogP contribution in [0.1, 0.15) is 36.1 Å². The lowest BCUT2D eigenvalue weighted by Gasteiger charge is -2.30. The summed E-state index contributed by atoms with van der Waals surface area (Å²) in [4.78, 5) is 9.61. The second-order valence-electron chi connectivity index (χ2n) is 10.2. The van der Waals surface area contributed by atoms with E-state index in [1.165, 1.54) is 44.5 Å². The van der Waals surface area contributed by atoms with Gasteiger partial charge in [-0.1, -0.05) is 92.7 Å². The van der Waals surface area contributed by atoms with E-state index >= 15 is 0 Å². The Labute approximate surface area is 214 Å². The molecule has 0 fully saturated rings. The maximum absolute atomic E-state index is 4.92. The molecule has 2 nitrogen and oxygen atoms in total. The molecule has 0 radical (unpaired) electrons. The second-order valence-corrected chi connectivity index (χ2v) is 10.2. The third kappa shape index (κ3) is 4.72. The van der Waals surface area contributed by atoms with Crippen LogP contribution in [-0.4, -0.2) is 9.97 Å². The van der Waals surface area contributed by atoms with Crippen LogP contribution in [0.25, 0.3) is 33.6 Å². The Morgan fingerprint density at radius 3 is 2.14 bits per heavy atom. The molecule has 0 aliphatic rings. The quantitative estimate of drug-likeness (QED) is 0.249. The highest BCUT2D eigenvalue weighted by Gasteiger charge is 2.27. The molecular formula is C34H32N2. The van der Waals surface area contributed by atoms with Crippen molar-refractivity contribution < 1.29 is 0 Å². The second kappa shape index (κ2) is 9.91. The molecular weight excluding hydrogens is 436 g/mol. The van der Waals surface area contributed by atoms with Crippen LogP contribution in [0.3, 0.4) is 0 Å². The lowest BCUT2D eigenvalue weighted by atomic mass is 9.74. The van der Waals surface area contributed by atoms with E-state index in [0.717, 1.165) is 17.8 Å². The third-order valence-corrected chi connectivity index (χ3v) is 7.04. The molecule has 2 heteroatoms. The van der Waals surface area contributed by atoms with Crippen LogP contribution in [0.15, 0.2) is 109 Å². The van der Waals surface area contributed by atoms with E-state index in [-0.39, 0.29) is 5.41 Å². The molecule has 3 aromatic carbocycles. The van der Waals surface area contributed by atoms with Crippen LogP contribution in [0, 0.1) is 13.8 Å². The minimum Gasteiger partial charge on any atom is -0.256 e. The molecule has 0 aliphatic carbocycles. The first kappa shape index (κ1) is 23.7. The van der Waals surface area contributed by atoms with Gasteiger partial charge in [0.2, 0.25) is 0 Å². The number of benzene rings is 3. The summed E-state index contributed by atoms with van der Waals surface area (Å²) in [6.07, 6.45) is 4.79. The molecule has 0 unspecified atom stereocenters. The molecule has 0 bridgehead atoms. The molecule has 2 heterocycles. The Hall–Kier alpha value is -4.04. The predicted molar refractivity (Wildman–Crippen MR) is 151 cm³/mol. The fraction of sp³-hybridized carbons (Fsp3) is 0.176. The third-order valence-electron chi connectivity index (χ3n) is 7.04. The number of pyridine rings is 2. The molecule has 2 aromatic heterocycles. The van der Waals surface area contributed by atoms with Crippen molar-refractivity contribution in [3.8, 4) is 33.6 Å². The summed E-state index contributed by atoms with van der Waals surface area (Å²) in [7, 11) is 0. The van der Waals surface area contributed by atoms with Crippen LogP contribution >= 0.6 is 0 Å². The minimum absolute atomic E-state index is 0.103. The molecule has 36 heavy (non-hydrogen) atoms. The van der Waals surface area contributed by atoms with Crippen LogP contribution in [0.4, 0.5) is 0 Å². The van der Waals surface area contributed by atoms with Gasteiger partial charge in [-0.15, -0.1) is 0 Å². The molecule has 0 saturated heterocycles. The Kier molecular flexibility index (Phi) is 6.52. The lowest BCUT2D eigenvalue weighted by Crippen LogP contribution is -2.22. The van der Waals surface area contributed by atoms with Crippen molar-refractivity contribution in [2.75, 3.05) is 0 Å². The van der Waals surface area contributed by atoms with Gasteiger partial charge in [0, 0.05) is 29.1 Å². The zero-order valence-corrected chi connectivity index (χ0v) is 21.5. The van der Waals surface area contributed by atoms with Gasteiger partial charge in [0.05, 0.1) is 11.4 Å². The topological polar surface area (TPSA) is 25.8 Å². The maximum atomic E-state index is 4.92. The predicted octanol–water partition coefficient (Wildman–Crippen LogP) is 8.61. The van der Waals surface area contributed by atoms with Gasteiger partial charge in [-0.2, -0.15) is 0 Å². The SMILES string of the molecule is Cc1cc(-c2ccccc2CC(C)(C)c2cccc(C)c2-c2ccccn2)ncc1-c1ccccc1. The molecule has 0 spiro atoms. The highest BCUT2D eigenvalue weighted by atomic mass is 14.7.